The van der Waals surface area contributed by atoms with Gasteiger partial charge in [0.05, 0.1) is 34.7 Å². The zero-order valence-corrected chi connectivity index (χ0v) is 19.1. The molecule has 0 saturated carbocycles. The number of carbonyl (C=O) groups excluding carboxylic acids is 1. The van der Waals surface area contributed by atoms with E-state index in [1.54, 1.807) is 37.6 Å². The minimum Gasteiger partial charge on any atom is -0.373 e. The predicted molar refractivity (Wildman–Crippen MR) is 123 cm³/mol. The summed E-state index contributed by atoms with van der Waals surface area (Å²) in [6.07, 6.45) is 4.47. The Morgan fingerprint density at radius 1 is 1.15 bits per heavy atom. The second-order valence-electron chi connectivity index (χ2n) is 8.19. The summed E-state index contributed by atoms with van der Waals surface area (Å²) in [6.45, 7) is 2.51. The molecule has 5 rings (SSSR count). The maximum absolute atomic E-state index is 12.4. The molecule has 1 aliphatic heterocycles. The lowest BCUT2D eigenvalue weighted by Gasteiger charge is -2.16. The number of anilines is 2. The third-order valence-corrected chi connectivity index (χ3v) is 6.00. The number of aromatic nitrogens is 6. The van der Waals surface area contributed by atoms with E-state index in [0.717, 1.165) is 17.8 Å². The van der Waals surface area contributed by atoms with Gasteiger partial charge in [0.2, 0.25) is 11.5 Å². The fraction of sp³-hybridized carbons (Fsp3) is 0.304. The van der Waals surface area contributed by atoms with Crippen LogP contribution < -0.4 is 5.32 Å². The number of nitrogens with one attached hydrogen (secondary N) is 1. The summed E-state index contributed by atoms with van der Waals surface area (Å²) < 4.78 is 7.17. The maximum atomic E-state index is 12.4. The summed E-state index contributed by atoms with van der Waals surface area (Å²) >= 11 is 0. The monoisotopic (exact) mass is 460 g/mol. The standard InChI is InChI=1S/C23H24N8O3/c1-4-19-18(13-25-31(19)3)28-22-24-10-8-16(27-22)14-6-5-7-15(26-14)17-12-20(34-29-17)23(33)9-11-30(2)21(23)32/h5-8,10,12-13,33H,4,9,11H2,1-3H3,(H,24,27,28). The lowest BCUT2D eigenvalue weighted by molar-refractivity contribution is -0.144. The summed E-state index contributed by atoms with van der Waals surface area (Å²) in [5, 5.41) is 22.4. The van der Waals surface area contributed by atoms with Crippen molar-refractivity contribution in [3.63, 3.8) is 0 Å². The summed E-state index contributed by atoms with van der Waals surface area (Å²) in [7, 11) is 3.54. The number of aryl methyl sites for hydroxylation is 1. The molecule has 1 unspecified atom stereocenters. The first-order valence-electron chi connectivity index (χ1n) is 10.9. The molecular weight excluding hydrogens is 436 g/mol. The van der Waals surface area contributed by atoms with Crippen LogP contribution in [0.5, 0.6) is 0 Å². The average molecular weight is 460 g/mol. The fourth-order valence-electron chi connectivity index (χ4n) is 4.06. The Kier molecular flexibility index (Phi) is 5.33. The van der Waals surface area contributed by atoms with Crippen LogP contribution in [0.4, 0.5) is 11.6 Å². The molecule has 1 aliphatic rings. The van der Waals surface area contributed by atoms with Crippen LogP contribution in [0, 0.1) is 0 Å². The second-order valence-corrected chi connectivity index (χ2v) is 8.19. The topological polar surface area (TPSA) is 135 Å². The van der Waals surface area contributed by atoms with Crippen LogP contribution >= 0.6 is 0 Å². The highest BCUT2D eigenvalue weighted by atomic mass is 16.5. The molecule has 11 heteroatoms. The van der Waals surface area contributed by atoms with Gasteiger partial charge in [0.25, 0.3) is 5.91 Å². The number of amides is 1. The lowest BCUT2D eigenvalue weighted by Crippen LogP contribution is -2.35. The Morgan fingerprint density at radius 2 is 1.91 bits per heavy atom. The highest BCUT2D eigenvalue weighted by Gasteiger charge is 2.48. The van der Waals surface area contributed by atoms with E-state index in [2.05, 4.69) is 37.4 Å². The predicted octanol–water partition coefficient (Wildman–Crippen LogP) is 2.28. The van der Waals surface area contributed by atoms with Crippen molar-refractivity contribution in [1.82, 2.24) is 34.8 Å². The first-order valence-corrected chi connectivity index (χ1v) is 10.9. The van der Waals surface area contributed by atoms with E-state index in [0.29, 0.717) is 35.3 Å². The molecule has 174 valence electrons. The molecule has 4 aromatic heterocycles. The number of carbonyl (C=O) groups is 1. The number of hydrogen-bond acceptors (Lipinski definition) is 9. The number of nitrogens with zero attached hydrogens (tertiary/aromatic N) is 7. The number of pyridine rings is 1. The van der Waals surface area contributed by atoms with Gasteiger partial charge in [-0.05, 0) is 24.6 Å². The third kappa shape index (κ3) is 3.69. The van der Waals surface area contributed by atoms with E-state index in [-0.39, 0.29) is 12.2 Å². The van der Waals surface area contributed by atoms with Crippen LogP contribution in [0.3, 0.4) is 0 Å². The second kappa shape index (κ2) is 8.34. The number of likely N-dealkylation sites (N-methyl/N-ethyl adjacent to an activating group) is 1. The minimum atomic E-state index is -1.70. The van der Waals surface area contributed by atoms with Gasteiger partial charge in [-0.15, -0.1) is 0 Å². The first-order chi connectivity index (χ1) is 16.4. The van der Waals surface area contributed by atoms with Crippen molar-refractivity contribution in [2.24, 2.45) is 7.05 Å². The molecule has 2 N–H and O–H groups in total. The Labute approximate surface area is 195 Å². The minimum absolute atomic E-state index is 0.112. The summed E-state index contributed by atoms with van der Waals surface area (Å²) in [6, 6.07) is 8.78. The van der Waals surface area contributed by atoms with Crippen LogP contribution in [-0.4, -0.2) is 59.4 Å². The van der Waals surface area contributed by atoms with E-state index in [1.807, 2.05) is 23.9 Å². The van der Waals surface area contributed by atoms with Gasteiger partial charge in [-0.2, -0.15) is 5.10 Å². The Morgan fingerprint density at radius 3 is 2.65 bits per heavy atom. The number of likely N-dealkylation sites (tertiary alicyclic amines) is 1. The Balaban J connectivity index is 1.42. The van der Waals surface area contributed by atoms with Gasteiger partial charge in [0, 0.05) is 39.3 Å². The van der Waals surface area contributed by atoms with Gasteiger partial charge in [0.1, 0.15) is 5.69 Å². The summed E-state index contributed by atoms with van der Waals surface area (Å²) in [5.41, 5.74) is 2.38. The molecule has 0 radical (unpaired) electrons. The van der Waals surface area contributed by atoms with Gasteiger partial charge in [-0.3, -0.25) is 9.48 Å². The summed E-state index contributed by atoms with van der Waals surface area (Å²) in [4.78, 5) is 27.4. The first kappa shape index (κ1) is 21.7. The zero-order chi connectivity index (χ0) is 23.9. The van der Waals surface area contributed by atoms with E-state index < -0.39 is 11.5 Å². The average Bonchev–Trinajstić information content (AvgIpc) is 3.55. The molecule has 0 aliphatic carbocycles. The van der Waals surface area contributed by atoms with Crippen LogP contribution in [0.25, 0.3) is 22.8 Å². The lowest BCUT2D eigenvalue weighted by atomic mass is 9.98. The van der Waals surface area contributed by atoms with E-state index in [9.17, 15) is 9.90 Å². The number of rotatable bonds is 6. The molecule has 0 bridgehead atoms. The maximum Gasteiger partial charge on any atom is 0.262 e. The third-order valence-electron chi connectivity index (χ3n) is 6.00. The van der Waals surface area contributed by atoms with Gasteiger partial charge < -0.3 is 19.8 Å². The van der Waals surface area contributed by atoms with Crippen molar-refractivity contribution in [2.75, 3.05) is 18.9 Å². The molecular formula is C23H24N8O3. The largest absolute Gasteiger partial charge is 0.373 e. The number of hydrogen-bond donors (Lipinski definition) is 2. The van der Waals surface area contributed by atoms with Gasteiger partial charge in [-0.25, -0.2) is 15.0 Å². The molecule has 1 amide bonds. The van der Waals surface area contributed by atoms with E-state index in [1.165, 1.54) is 4.90 Å². The highest BCUT2D eigenvalue weighted by molar-refractivity contribution is 5.87. The quantitative estimate of drug-likeness (QED) is 0.444. The van der Waals surface area contributed by atoms with Gasteiger partial charge >= 0.3 is 0 Å². The molecule has 34 heavy (non-hydrogen) atoms. The molecule has 11 nitrogen and oxygen atoms in total. The number of aliphatic hydroxyl groups is 1. The normalized spacial score (nSPS) is 18.0. The molecule has 0 aromatic carbocycles. The van der Waals surface area contributed by atoms with Crippen LogP contribution in [0.15, 0.2) is 47.2 Å². The Bertz CT molecular complexity index is 1360. The molecule has 4 aromatic rings. The zero-order valence-electron chi connectivity index (χ0n) is 19.1. The van der Waals surface area contributed by atoms with Crippen molar-refractivity contribution in [3.8, 4) is 22.8 Å². The van der Waals surface area contributed by atoms with Crippen molar-refractivity contribution in [3.05, 3.63) is 54.2 Å². The van der Waals surface area contributed by atoms with Crippen molar-refractivity contribution in [1.29, 1.82) is 0 Å². The van der Waals surface area contributed by atoms with E-state index in [4.69, 9.17) is 4.52 Å². The van der Waals surface area contributed by atoms with Gasteiger partial charge in [-0.1, -0.05) is 18.1 Å². The molecule has 1 fully saturated rings. The van der Waals surface area contributed by atoms with Crippen molar-refractivity contribution < 1.29 is 14.4 Å². The highest BCUT2D eigenvalue weighted by Crippen LogP contribution is 2.34. The molecule has 5 heterocycles. The molecule has 1 atom stereocenters. The summed E-state index contributed by atoms with van der Waals surface area (Å²) in [5.74, 6) is 0.140. The fourth-order valence-corrected chi connectivity index (χ4v) is 4.06. The SMILES string of the molecule is CCc1c(Nc2nccc(-c3cccc(-c4cc(C5(O)CCN(C)C5=O)on4)n3)n2)cnn1C. The van der Waals surface area contributed by atoms with Crippen molar-refractivity contribution in [2.45, 2.75) is 25.4 Å². The smallest absolute Gasteiger partial charge is 0.262 e. The molecule has 0 spiro atoms. The van der Waals surface area contributed by atoms with Crippen LogP contribution in [0.1, 0.15) is 24.8 Å². The van der Waals surface area contributed by atoms with Crippen LogP contribution in [0.2, 0.25) is 0 Å². The van der Waals surface area contributed by atoms with Crippen molar-refractivity contribution >= 4 is 17.5 Å². The Hall–Kier alpha value is -4.12. The van der Waals surface area contributed by atoms with E-state index >= 15 is 0 Å². The molecule has 1 saturated heterocycles. The van der Waals surface area contributed by atoms with Crippen LogP contribution in [-0.2, 0) is 23.9 Å². The van der Waals surface area contributed by atoms with Gasteiger partial charge in [0.15, 0.2) is 5.76 Å².